The van der Waals surface area contributed by atoms with Crippen LogP contribution < -0.4 is 0 Å². The summed E-state index contributed by atoms with van der Waals surface area (Å²) < 4.78 is 0. The average molecular weight is 279 g/mol. The van der Waals surface area contributed by atoms with Gasteiger partial charge in [0.15, 0.2) is 0 Å². The number of H-pyrrole nitrogens is 1. The molecule has 0 bridgehead atoms. The molecule has 2 aromatic heterocycles. The van der Waals surface area contributed by atoms with Crippen LogP contribution in [0, 0.1) is 0 Å². The number of nitrogens with one attached hydrogen (secondary N) is 1. The first-order valence-corrected chi connectivity index (χ1v) is 7.57. The topological polar surface area (TPSA) is 41.0 Å². The summed E-state index contributed by atoms with van der Waals surface area (Å²) >= 11 is 1.83. The maximum absolute atomic E-state index is 4.89. The lowest BCUT2D eigenvalue weighted by molar-refractivity contribution is 0.850. The molecule has 0 aliphatic carbocycles. The molecular formula is C16H13N3S. The minimum Gasteiger partial charge on any atom is -0.359 e. The standard InChI is InChI=1S/C16H13N3S/c1-2-4-11(5-3-1)15-10-20-16(19-15)13-8-18-14-9-17-7-6-12(13)14/h1-9,15,18H,10H2. The van der Waals surface area contributed by atoms with Gasteiger partial charge in [0.1, 0.15) is 5.04 Å². The first kappa shape index (κ1) is 11.7. The summed E-state index contributed by atoms with van der Waals surface area (Å²) in [6.45, 7) is 0. The monoisotopic (exact) mass is 279 g/mol. The quantitative estimate of drug-likeness (QED) is 0.775. The number of benzene rings is 1. The number of nitrogens with zero attached hydrogens (tertiary/aromatic N) is 2. The van der Waals surface area contributed by atoms with Crippen molar-refractivity contribution in [3.63, 3.8) is 0 Å². The molecule has 3 aromatic rings. The molecule has 0 saturated carbocycles. The molecule has 1 atom stereocenters. The summed E-state index contributed by atoms with van der Waals surface area (Å²) in [6, 6.07) is 12.8. The first-order chi connectivity index (χ1) is 9.92. The van der Waals surface area contributed by atoms with Gasteiger partial charge in [-0.3, -0.25) is 9.98 Å². The van der Waals surface area contributed by atoms with Gasteiger partial charge in [0.2, 0.25) is 0 Å². The molecule has 0 spiro atoms. The smallest absolute Gasteiger partial charge is 0.101 e. The van der Waals surface area contributed by atoms with Gasteiger partial charge in [0.25, 0.3) is 0 Å². The SMILES string of the molecule is c1ccc(C2CSC(c3c[nH]c4cnccc34)=N2)cc1. The van der Waals surface area contributed by atoms with Gasteiger partial charge >= 0.3 is 0 Å². The lowest BCUT2D eigenvalue weighted by atomic mass is 10.1. The van der Waals surface area contributed by atoms with E-state index in [-0.39, 0.29) is 6.04 Å². The van der Waals surface area contributed by atoms with E-state index in [1.165, 1.54) is 16.5 Å². The van der Waals surface area contributed by atoms with Crippen LogP contribution in [0.4, 0.5) is 0 Å². The fourth-order valence-electron chi connectivity index (χ4n) is 2.52. The van der Waals surface area contributed by atoms with Crippen LogP contribution >= 0.6 is 11.8 Å². The summed E-state index contributed by atoms with van der Waals surface area (Å²) in [5.41, 5.74) is 3.54. The van der Waals surface area contributed by atoms with E-state index in [2.05, 4.69) is 34.2 Å². The number of pyridine rings is 1. The van der Waals surface area contributed by atoms with Crippen LogP contribution in [-0.4, -0.2) is 20.8 Å². The Morgan fingerprint density at radius 1 is 1.15 bits per heavy atom. The Bertz CT molecular complexity index is 777. The summed E-state index contributed by atoms with van der Waals surface area (Å²) in [5, 5.41) is 2.32. The second-order valence-corrected chi connectivity index (χ2v) is 5.80. The molecular weight excluding hydrogens is 266 g/mol. The van der Waals surface area contributed by atoms with Crippen LogP contribution in [0.1, 0.15) is 17.2 Å². The minimum atomic E-state index is 0.267. The van der Waals surface area contributed by atoms with Crippen LogP contribution in [0.5, 0.6) is 0 Å². The third-order valence-electron chi connectivity index (χ3n) is 3.55. The normalized spacial score (nSPS) is 18.4. The predicted molar refractivity (Wildman–Crippen MR) is 84.3 cm³/mol. The van der Waals surface area contributed by atoms with Crippen molar-refractivity contribution in [2.24, 2.45) is 4.99 Å². The molecule has 1 aliphatic heterocycles. The molecule has 1 aliphatic rings. The maximum Gasteiger partial charge on any atom is 0.101 e. The van der Waals surface area contributed by atoms with E-state index >= 15 is 0 Å². The summed E-state index contributed by atoms with van der Waals surface area (Å²) in [5.74, 6) is 1.01. The Morgan fingerprint density at radius 2 is 2.05 bits per heavy atom. The van der Waals surface area contributed by atoms with Gasteiger partial charge in [-0.2, -0.15) is 0 Å². The molecule has 4 rings (SSSR count). The Labute approximate surface area is 121 Å². The first-order valence-electron chi connectivity index (χ1n) is 6.59. The van der Waals surface area contributed by atoms with E-state index in [0.717, 1.165) is 16.3 Å². The van der Waals surface area contributed by atoms with E-state index in [1.54, 1.807) is 0 Å². The number of aliphatic imine (C=N–C) groups is 1. The number of rotatable bonds is 2. The van der Waals surface area contributed by atoms with Crippen LogP contribution in [0.3, 0.4) is 0 Å². The molecule has 0 amide bonds. The molecule has 3 nitrogen and oxygen atoms in total. The predicted octanol–water partition coefficient (Wildman–Crippen LogP) is 3.80. The molecule has 0 fully saturated rings. The molecule has 0 radical (unpaired) electrons. The molecule has 1 unspecified atom stereocenters. The number of hydrogen-bond acceptors (Lipinski definition) is 3. The van der Waals surface area contributed by atoms with Gasteiger partial charge in [0, 0.05) is 29.1 Å². The molecule has 1 aromatic carbocycles. The number of fused-ring (bicyclic) bond motifs is 1. The minimum absolute atomic E-state index is 0.267. The van der Waals surface area contributed by atoms with Gasteiger partial charge in [-0.25, -0.2) is 0 Å². The Balaban J connectivity index is 1.73. The zero-order valence-electron chi connectivity index (χ0n) is 10.8. The van der Waals surface area contributed by atoms with Crippen molar-refractivity contribution in [2.45, 2.75) is 6.04 Å². The van der Waals surface area contributed by atoms with Crippen molar-refractivity contribution >= 4 is 27.7 Å². The van der Waals surface area contributed by atoms with Crippen LogP contribution in [-0.2, 0) is 0 Å². The Hall–Kier alpha value is -2.07. The Morgan fingerprint density at radius 3 is 2.95 bits per heavy atom. The van der Waals surface area contributed by atoms with Crippen LogP contribution in [0.15, 0.2) is 60.0 Å². The van der Waals surface area contributed by atoms with Crippen molar-refractivity contribution in [1.82, 2.24) is 9.97 Å². The summed E-state index contributed by atoms with van der Waals surface area (Å²) in [4.78, 5) is 12.3. The van der Waals surface area contributed by atoms with E-state index < -0.39 is 0 Å². The largest absolute Gasteiger partial charge is 0.359 e. The van der Waals surface area contributed by atoms with Crippen molar-refractivity contribution < 1.29 is 0 Å². The van der Waals surface area contributed by atoms with Crippen molar-refractivity contribution in [3.05, 3.63) is 66.1 Å². The van der Waals surface area contributed by atoms with E-state index in [0.29, 0.717) is 0 Å². The highest BCUT2D eigenvalue weighted by atomic mass is 32.2. The number of thioether (sulfide) groups is 1. The summed E-state index contributed by atoms with van der Waals surface area (Å²) in [7, 11) is 0. The molecule has 4 heteroatoms. The van der Waals surface area contributed by atoms with Crippen molar-refractivity contribution in [1.29, 1.82) is 0 Å². The van der Waals surface area contributed by atoms with Gasteiger partial charge in [-0.05, 0) is 11.6 Å². The van der Waals surface area contributed by atoms with Gasteiger partial charge in [-0.15, -0.1) is 11.8 Å². The number of aromatic amines is 1. The van der Waals surface area contributed by atoms with E-state index in [9.17, 15) is 0 Å². The third kappa shape index (κ3) is 1.93. The highest BCUT2D eigenvalue weighted by Crippen LogP contribution is 2.34. The zero-order chi connectivity index (χ0) is 13.4. The fourth-order valence-corrected chi connectivity index (χ4v) is 3.63. The van der Waals surface area contributed by atoms with Gasteiger partial charge in [-0.1, -0.05) is 30.3 Å². The highest BCUT2D eigenvalue weighted by Gasteiger charge is 2.22. The molecule has 20 heavy (non-hydrogen) atoms. The van der Waals surface area contributed by atoms with Gasteiger partial charge in [0.05, 0.1) is 17.8 Å². The van der Waals surface area contributed by atoms with Crippen LogP contribution in [0.25, 0.3) is 10.9 Å². The lowest BCUT2D eigenvalue weighted by Gasteiger charge is -2.04. The van der Waals surface area contributed by atoms with Crippen molar-refractivity contribution in [3.8, 4) is 0 Å². The molecule has 0 saturated heterocycles. The van der Waals surface area contributed by atoms with Crippen LogP contribution in [0.2, 0.25) is 0 Å². The Kier molecular flexibility index (Phi) is 2.81. The van der Waals surface area contributed by atoms with E-state index in [1.807, 2.05) is 42.5 Å². The second-order valence-electron chi connectivity index (χ2n) is 4.80. The molecule has 98 valence electrons. The van der Waals surface area contributed by atoms with Gasteiger partial charge < -0.3 is 4.98 Å². The fraction of sp³-hybridized carbons (Fsp3) is 0.125. The average Bonchev–Trinajstić information content (AvgIpc) is 3.14. The van der Waals surface area contributed by atoms with Crippen molar-refractivity contribution in [2.75, 3.05) is 5.75 Å². The molecule has 3 heterocycles. The maximum atomic E-state index is 4.89. The summed E-state index contributed by atoms with van der Waals surface area (Å²) in [6.07, 6.45) is 5.72. The number of aromatic nitrogens is 2. The second kappa shape index (κ2) is 4.80. The highest BCUT2D eigenvalue weighted by molar-refractivity contribution is 8.14. The third-order valence-corrected chi connectivity index (χ3v) is 4.63. The zero-order valence-corrected chi connectivity index (χ0v) is 11.6. The van der Waals surface area contributed by atoms with E-state index in [4.69, 9.17) is 4.99 Å². The molecule has 1 N–H and O–H groups in total. The number of hydrogen-bond donors (Lipinski definition) is 1. The lowest BCUT2D eigenvalue weighted by Crippen LogP contribution is -1.93.